The Morgan fingerprint density at radius 2 is 1.91 bits per heavy atom. The quantitative estimate of drug-likeness (QED) is 0.372. The number of hydrogen-bond donors (Lipinski definition) is 1. The van der Waals surface area contributed by atoms with Crippen LogP contribution in [-0.4, -0.2) is 59.4 Å². The number of anilines is 2. The van der Waals surface area contributed by atoms with Gasteiger partial charge in [-0.2, -0.15) is 10.2 Å². The summed E-state index contributed by atoms with van der Waals surface area (Å²) < 4.78 is 12.5. The van der Waals surface area contributed by atoms with Crippen molar-refractivity contribution in [2.45, 2.75) is 0 Å². The number of ether oxygens (including phenoxy) is 2. The summed E-state index contributed by atoms with van der Waals surface area (Å²) >= 11 is 0. The van der Waals surface area contributed by atoms with E-state index in [-0.39, 0.29) is 0 Å². The van der Waals surface area contributed by atoms with Crippen LogP contribution in [-0.2, 0) is 4.74 Å². The fraction of sp³-hybridized carbons (Fsp3) is 0.217. The predicted octanol–water partition coefficient (Wildman–Crippen LogP) is 3.11. The number of morpholine rings is 1. The molecule has 1 N–H and O–H groups in total. The third-order valence-electron chi connectivity index (χ3n) is 5.32. The van der Waals surface area contributed by atoms with Crippen LogP contribution < -0.4 is 15.1 Å². The molecule has 3 heterocycles. The molecule has 0 radical (unpaired) electrons. The van der Waals surface area contributed by atoms with E-state index in [4.69, 9.17) is 9.47 Å². The zero-order valence-electron chi connectivity index (χ0n) is 17.7. The fourth-order valence-corrected chi connectivity index (χ4v) is 3.63. The summed E-state index contributed by atoms with van der Waals surface area (Å²) in [5.74, 6) is 1.34. The molecular weight excluding hydrogens is 406 g/mol. The van der Waals surface area contributed by atoms with Crippen LogP contribution in [0, 0.1) is 0 Å². The van der Waals surface area contributed by atoms with Crippen molar-refractivity contribution in [1.82, 2.24) is 19.7 Å². The first-order chi connectivity index (χ1) is 15.8. The molecule has 1 aliphatic heterocycles. The lowest BCUT2D eigenvalue weighted by Crippen LogP contribution is -2.36. The maximum atomic E-state index is 5.41. The van der Waals surface area contributed by atoms with Crippen molar-refractivity contribution < 1.29 is 9.47 Å². The van der Waals surface area contributed by atoms with Gasteiger partial charge in [0, 0.05) is 24.8 Å². The van der Waals surface area contributed by atoms with E-state index in [0.29, 0.717) is 11.5 Å². The van der Waals surface area contributed by atoms with Gasteiger partial charge in [0.25, 0.3) is 0 Å². The monoisotopic (exact) mass is 429 g/mol. The van der Waals surface area contributed by atoms with E-state index in [1.165, 1.54) is 12.0 Å². The highest BCUT2D eigenvalue weighted by Gasteiger charge is 2.12. The van der Waals surface area contributed by atoms with Gasteiger partial charge in [-0.25, -0.2) is 14.6 Å². The van der Waals surface area contributed by atoms with Crippen molar-refractivity contribution in [3.63, 3.8) is 0 Å². The summed E-state index contributed by atoms with van der Waals surface area (Å²) in [5, 5.41) is 9.61. The highest BCUT2D eigenvalue weighted by atomic mass is 16.5. The number of hydrogen-bond acceptors (Lipinski definition) is 8. The van der Waals surface area contributed by atoms with E-state index in [1.807, 2.05) is 36.4 Å². The van der Waals surface area contributed by atoms with Crippen LogP contribution in [0.3, 0.4) is 0 Å². The summed E-state index contributed by atoms with van der Waals surface area (Å²) in [7, 11) is 1.64. The maximum absolute atomic E-state index is 5.41. The molecule has 0 atom stereocenters. The van der Waals surface area contributed by atoms with Gasteiger partial charge in [0.1, 0.15) is 12.1 Å². The molecule has 2 aromatic heterocycles. The predicted molar refractivity (Wildman–Crippen MR) is 124 cm³/mol. The molecule has 162 valence electrons. The van der Waals surface area contributed by atoms with Gasteiger partial charge in [-0.1, -0.05) is 18.2 Å². The Morgan fingerprint density at radius 3 is 2.72 bits per heavy atom. The molecule has 32 heavy (non-hydrogen) atoms. The minimum atomic E-state index is 0.588. The number of fused-ring (bicyclic) bond motifs is 1. The summed E-state index contributed by atoms with van der Waals surface area (Å²) in [4.78, 5) is 11.0. The Morgan fingerprint density at radius 1 is 1.06 bits per heavy atom. The molecule has 2 aromatic carbocycles. The van der Waals surface area contributed by atoms with Crippen molar-refractivity contribution in [2.24, 2.45) is 5.10 Å². The van der Waals surface area contributed by atoms with Crippen LogP contribution in [0.15, 0.2) is 66.2 Å². The van der Waals surface area contributed by atoms with E-state index in [9.17, 15) is 0 Å². The third-order valence-corrected chi connectivity index (χ3v) is 5.32. The molecule has 0 amide bonds. The number of hydrazone groups is 1. The molecule has 0 unspecified atom stereocenters. The van der Waals surface area contributed by atoms with Crippen LogP contribution >= 0.6 is 0 Å². The first kappa shape index (κ1) is 20.0. The van der Waals surface area contributed by atoms with Crippen LogP contribution in [0.1, 0.15) is 5.56 Å². The number of rotatable bonds is 6. The maximum Gasteiger partial charge on any atom is 0.168 e. The van der Waals surface area contributed by atoms with E-state index in [2.05, 4.69) is 42.6 Å². The van der Waals surface area contributed by atoms with Crippen LogP contribution in [0.5, 0.6) is 5.75 Å². The normalized spacial score (nSPS) is 14.2. The van der Waals surface area contributed by atoms with Gasteiger partial charge < -0.3 is 14.4 Å². The first-order valence-corrected chi connectivity index (χ1v) is 10.4. The Kier molecular flexibility index (Phi) is 5.63. The van der Waals surface area contributed by atoms with E-state index < -0.39 is 0 Å². The first-order valence-electron chi connectivity index (χ1n) is 10.4. The minimum Gasteiger partial charge on any atom is -0.497 e. The average Bonchev–Trinajstić information content (AvgIpc) is 3.30. The molecule has 0 saturated carbocycles. The van der Waals surface area contributed by atoms with Gasteiger partial charge >= 0.3 is 0 Å². The average molecular weight is 429 g/mol. The van der Waals surface area contributed by atoms with E-state index >= 15 is 0 Å². The number of aromatic nitrogens is 4. The van der Waals surface area contributed by atoms with Gasteiger partial charge in [0.05, 0.1) is 43.8 Å². The number of methoxy groups -OCH3 is 1. The standard InChI is InChI=1S/C23H23N7O2/c1-31-20-4-2-3-19(13-20)30-23-21(15-27-30)22(24-16-25-23)28-26-14-17-5-7-18(8-6-17)29-9-11-32-12-10-29/h2-8,13-16H,9-12H2,1H3,(H,24,25,28)/b26-14+. The molecule has 0 bridgehead atoms. The van der Waals surface area contributed by atoms with Crippen molar-refractivity contribution in [3.05, 3.63) is 66.6 Å². The molecule has 9 heteroatoms. The Bertz CT molecular complexity index is 1230. The molecule has 5 rings (SSSR count). The smallest absolute Gasteiger partial charge is 0.168 e. The molecule has 1 aliphatic rings. The van der Waals surface area contributed by atoms with Crippen LogP contribution in [0.2, 0.25) is 0 Å². The largest absolute Gasteiger partial charge is 0.497 e. The fourth-order valence-electron chi connectivity index (χ4n) is 3.63. The van der Waals surface area contributed by atoms with Crippen molar-refractivity contribution in [2.75, 3.05) is 43.7 Å². The second-order valence-electron chi connectivity index (χ2n) is 7.28. The molecule has 1 saturated heterocycles. The van der Waals surface area contributed by atoms with E-state index in [0.717, 1.165) is 48.7 Å². The van der Waals surface area contributed by atoms with Crippen LogP contribution in [0.4, 0.5) is 11.5 Å². The lowest BCUT2D eigenvalue weighted by Gasteiger charge is -2.28. The Hall–Kier alpha value is -3.98. The zero-order valence-corrected chi connectivity index (χ0v) is 17.7. The van der Waals surface area contributed by atoms with Crippen molar-refractivity contribution >= 4 is 28.8 Å². The highest BCUT2D eigenvalue weighted by molar-refractivity contribution is 5.88. The topological polar surface area (TPSA) is 89.7 Å². The zero-order chi connectivity index (χ0) is 21.8. The van der Waals surface area contributed by atoms with Gasteiger partial charge in [0.2, 0.25) is 0 Å². The Balaban J connectivity index is 1.32. The van der Waals surface area contributed by atoms with Crippen LogP contribution in [0.25, 0.3) is 16.7 Å². The Labute approximate surface area is 185 Å². The lowest BCUT2D eigenvalue weighted by atomic mass is 10.2. The van der Waals surface area contributed by atoms with Gasteiger partial charge in [-0.15, -0.1) is 0 Å². The SMILES string of the molecule is COc1cccc(-n2ncc3c(N/N=C/c4ccc(N5CCOCC5)cc4)ncnc32)c1. The molecule has 0 spiro atoms. The summed E-state index contributed by atoms with van der Waals surface area (Å²) in [5.41, 5.74) is 6.74. The molecule has 0 aliphatic carbocycles. The van der Waals surface area contributed by atoms with Gasteiger partial charge in [0.15, 0.2) is 11.5 Å². The molecule has 4 aromatic rings. The highest BCUT2D eigenvalue weighted by Crippen LogP contribution is 2.23. The lowest BCUT2D eigenvalue weighted by molar-refractivity contribution is 0.122. The minimum absolute atomic E-state index is 0.588. The summed E-state index contributed by atoms with van der Waals surface area (Å²) in [6.45, 7) is 3.38. The van der Waals surface area contributed by atoms with Crippen molar-refractivity contribution in [3.8, 4) is 11.4 Å². The summed E-state index contributed by atoms with van der Waals surface area (Å²) in [6, 6.07) is 16.0. The molecule has 9 nitrogen and oxygen atoms in total. The molecule has 1 fully saturated rings. The van der Waals surface area contributed by atoms with Gasteiger partial charge in [-0.05, 0) is 29.8 Å². The molecular formula is C23H23N7O2. The van der Waals surface area contributed by atoms with Gasteiger partial charge in [-0.3, -0.25) is 5.43 Å². The second kappa shape index (κ2) is 9.03. The number of nitrogens with zero attached hydrogens (tertiary/aromatic N) is 6. The second-order valence-corrected chi connectivity index (χ2v) is 7.28. The summed E-state index contributed by atoms with van der Waals surface area (Å²) in [6.07, 6.45) is 4.99. The van der Waals surface area contributed by atoms with Crippen molar-refractivity contribution in [1.29, 1.82) is 0 Å². The van der Waals surface area contributed by atoms with E-state index in [1.54, 1.807) is 24.2 Å². The number of nitrogens with one attached hydrogen (secondary N) is 1. The number of benzene rings is 2. The third kappa shape index (κ3) is 4.10.